The Labute approximate surface area is 185 Å². The van der Waals surface area contributed by atoms with Gasteiger partial charge in [0.05, 0.1) is 5.41 Å². The van der Waals surface area contributed by atoms with Gasteiger partial charge in [-0.15, -0.1) is 0 Å². The van der Waals surface area contributed by atoms with Gasteiger partial charge in [-0.1, -0.05) is 22.0 Å². The Hall–Kier alpha value is -1.61. The number of nitrogens with zero attached hydrogens (tertiary/aromatic N) is 1. The summed E-state index contributed by atoms with van der Waals surface area (Å²) in [5, 5.41) is 13.3. The highest BCUT2D eigenvalue weighted by atomic mass is 127. The number of anilines is 2. The average Bonchev–Trinajstić information content (AvgIpc) is 2.85. The molecule has 0 unspecified atom stereocenters. The summed E-state index contributed by atoms with van der Waals surface area (Å²) >= 11 is 5.69. The normalized spacial score (nSPS) is 26.4. The van der Waals surface area contributed by atoms with Crippen LogP contribution in [0, 0.1) is 3.57 Å². The maximum Gasteiger partial charge on any atom is 0.329 e. The minimum atomic E-state index is -1.07. The van der Waals surface area contributed by atoms with Gasteiger partial charge in [-0.25, -0.2) is 4.79 Å². The lowest BCUT2D eigenvalue weighted by Crippen LogP contribution is -2.54. The molecular weight excluding hydrogens is 535 g/mol. The van der Waals surface area contributed by atoms with E-state index in [0.717, 1.165) is 25.0 Å². The average molecular weight is 555 g/mol. The smallest absolute Gasteiger partial charge is 0.329 e. The summed E-state index contributed by atoms with van der Waals surface area (Å²) in [6.45, 7) is 0. The molecule has 2 aromatic carbocycles. The molecule has 1 spiro atoms. The molecule has 146 valence electrons. The van der Waals surface area contributed by atoms with E-state index in [-0.39, 0.29) is 5.91 Å². The Bertz CT molecular complexity index is 970. The number of carbonyl (C=O) groups is 2. The van der Waals surface area contributed by atoms with Gasteiger partial charge in [-0.3, -0.25) is 4.79 Å². The van der Waals surface area contributed by atoms with Crippen LogP contribution in [0.25, 0.3) is 0 Å². The Balaban J connectivity index is 1.67. The van der Waals surface area contributed by atoms with Crippen molar-refractivity contribution < 1.29 is 14.7 Å². The maximum absolute atomic E-state index is 13.2. The van der Waals surface area contributed by atoms with Crippen molar-refractivity contribution in [3.63, 3.8) is 0 Å². The lowest BCUT2D eigenvalue weighted by atomic mass is 9.64. The van der Waals surface area contributed by atoms with Crippen molar-refractivity contribution in [1.82, 2.24) is 0 Å². The Kier molecular flexibility index (Phi) is 4.94. The summed E-state index contributed by atoms with van der Waals surface area (Å²) in [5.41, 5.74) is 1.04. The molecular formula is C21H20BrIN2O3. The van der Waals surface area contributed by atoms with Gasteiger partial charge in [-0.2, -0.15) is 0 Å². The lowest BCUT2D eigenvalue weighted by Gasteiger charge is -2.42. The van der Waals surface area contributed by atoms with Crippen LogP contribution in [0.15, 0.2) is 46.9 Å². The second kappa shape index (κ2) is 7.02. The first-order valence-corrected chi connectivity index (χ1v) is 11.0. The summed E-state index contributed by atoms with van der Waals surface area (Å²) in [4.78, 5) is 27.2. The molecule has 1 saturated carbocycles. The summed E-state index contributed by atoms with van der Waals surface area (Å²) in [5.74, 6) is -0.796. The van der Waals surface area contributed by atoms with Crippen LogP contribution in [-0.4, -0.2) is 29.6 Å². The zero-order valence-electron chi connectivity index (χ0n) is 15.3. The van der Waals surface area contributed by atoms with E-state index < -0.39 is 16.9 Å². The number of carboxylic acids is 1. The zero-order chi connectivity index (χ0) is 20.1. The number of nitrogens with one attached hydrogen (secondary N) is 1. The minimum absolute atomic E-state index is 0.0749. The first kappa shape index (κ1) is 19.7. The van der Waals surface area contributed by atoms with Crippen molar-refractivity contribution in [1.29, 1.82) is 0 Å². The monoisotopic (exact) mass is 554 g/mol. The third kappa shape index (κ3) is 3.03. The van der Waals surface area contributed by atoms with E-state index in [2.05, 4.69) is 49.9 Å². The fourth-order valence-electron chi connectivity index (χ4n) is 4.55. The number of carbonyl (C=O) groups excluding carboxylic acids is 1. The fourth-order valence-corrected chi connectivity index (χ4v) is 5.44. The van der Waals surface area contributed by atoms with Gasteiger partial charge in [0.25, 0.3) is 0 Å². The predicted octanol–water partition coefficient (Wildman–Crippen LogP) is 4.78. The molecule has 0 radical (unpaired) electrons. The Morgan fingerprint density at radius 3 is 2.54 bits per heavy atom. The van der Waals surface area contributed by atoms with Gasteiger partial charge in [0.2, 0.25) is 5.91 Å². The van der Waals surface area contributed by atoms with E-state index in [0.29, 0.717) is 25.7 Å². The minimum Gasteiger partial charge on any atom is -0.480 e. The first-order valence-electron chi connectivity index (χ1n) is 9.13. The van der Waals surface area contributed by atoms with Crippen molar-refractivity contribution in [3.8, 4) is 0 Å². The summed E-state index contributed by atoms with van der Waals surface area (Å²) in [6.07, 6.45) is 1.80. The molecule has 1 heterocycles. The molecule has 2 N–H and O–H groups in total. The molecule has 0 bridgehead atoms. The number of benzene rings is 2. The van der Waals surface area contributed by atoms with Gasteiger partial charge < -0.3 is 15.3 Å². The highest BCUT2D eigenvalue weighted by Gasteiger charge is 2.56. The number of hydrogen-bond donors (Lipinski definition) is 2. The van der Waals surface area contributed by atoms with Crippen LogP contribution >= 0.6 is 38.5 Å². The molecule has 28 heavy (non-hydrogen) atoms. The van der Waals surface area contributed by atoms with Gasteiger partial charge in [-0.05, 0) is 90.2 Å². The highest BCUT2D eigenvalue weighted by Crippen LogP contribution is 2.52. The third-order valence-electron chi connectivity index (χ3n) is 6.12. The van der Waals surface area contributed by atoms with Gasteiger partial charge in [0.15, 0.2) is 0 Å². The fraction of sp³-hybridized carbons (Fsp3) is 0.333. The molecule has 1 aliphatic carbocycles. The summed E-state index contributed by atoms with van der Waals surface area (Å²) in [7, 11) is 1.81. The highest BCUT2D eigenvalue weighted by molar-refractivity contribution is 14.1. The predicted molar refractivity (Wildman–Crippen MR) is 121 cm³/mol. The molecule has 0 saturated heterocycles. The van der Waals surface area contributed by atoms with E-state index in [9.17, 15) is 14.7 Å². The van der Waals surface area contributed by atoms with Crippen molar-refractivity contribution in [2.45, 2.75) is 36.6 Å². The maximum atomic E-state index is 13.2. The van der Waals surface area contributed by atoms with E-state index in [1.54, 1.807) is 4.90 Å². The van der Waals surface area contributed by atoms with Crippen LogP contribution < -0.4 is 10.2 Å². The van der Waals surface area contributed by atoms with Crippen LogP contribution in [0.3, 0.4) is 0 Å². The Morgan fingerprint density at radius 1 is 1.18 bits per heavy atom. The number of fused-ring (bicyclic) bond motifs is 2. The van der Waals surface area contributed by atoms with E-state index >= 15 is 0 Å². The van der Waals surface area contributed by atoms with Crippen LogP contribution in [0.4, 0.5) is 11.4 Å². The van der Waals surface area contributed by atoms with Crippen LogP contribution in [0.2, 0.25) is 0 Å². The van der Waals surface area contributed by atoms with E-state index in [1.165, 1.54) is 0 Å². The van der Waals surface area contributed by atoms with Crippen LogP contribution in [0.5, 0.6) is 0 Å². The molecule has 1 aliphatic heterocycles. The van der Waals surface area contributed by atoms with Gasteiger partial charge >= 0.3 is 5.97 Å². The van der Waals surface area contributed by atoms with E-state index in [4.69, 9.17) is 0 Å². The largest absolute Gasteiger partial charge is 0.480 e. The molecule has 5 nitrogen and oxygen atoms in total. The van der Waals surface area contributed by atoms with Crippen molar-refractivity contribution in [2.24, 2.45) is 0 Å². The first-order chi connectivity index (χ1) is 13.3. The SMILES string of the molecule is CN1C(=O)C2(CCC(Nc3cccc(Br)c3)(C(=O)O)CC2)c2cc(I)ccc21. The summed E-state index contributed by atoms with van der Waals surface area (Å²) < 4.78 is 1.97. The molecule has 2 aliphatic rings. The number of halogens is 2. The number of likely N-dealkylation sites (N-methyl/N-ethyl adjacent to an activating group) is 1. The zero-order valence-corrected chi connectivity index (χ0v) is 19.1. The molecule has 4 rings (SSSR count). The standard InChI is InChI=1S/C21H20BrIN2O3/c1-25-17-6-5-14(23)12-16(17)20(18(25)26)7-9-21(10-8-20,19(27)28)24-15-4-2-3-13(22)11-15/h2-6,11-12,24H,7-10H2,1H3,(H,27,28). The van der Waals surface area contributed by atoms with Crippen molar-refractivity contribution in [2.75, 3.05) is 17.3 Å². The van der Waals surface area contributed by atoms with E-state index in [1.807, 2.05) is 43.4 Å². The molecule has 7 heteroatoms. The van der Waals surface area contributed by atoms with Gasteiger partial charge in [0, 0.05) is 26.5 Å². The number of rotatable bonds is 3. The van der Waals surface area contributed by atoms with Crippen LogP contribution in [-0.2, 0) is 15.0 Å². The van der Waals surface area contributed by atoms with Gasteiger partial charge in [0.1, 0.15) is 5.54 Å². The number of amides is 1. The third-order valence-corrected chi connectivity index (χ3v) is 7.29. The summed E-state index contributed by atoms with van der Waals surface area (Å²) in [6, 6.07) is 13.6. The molecule has 0 atom stereocenters. The van der Waals surface area contributed by atoms with Crippen LogP contribution in [0.1, 0.15) is 31.2 Å². The molecule has 0 aromatic heterocycles. The second-order valence-electron chi connectivity index (χ2n) is 7.63. The molecule has 2 aromatic rings. The lowest BCUT2D eigenvalue weighted by molar-refractivity contribution is -0.145. The molecule has 1 fully saturated rings. The number of hydrogen-bond acceptors (Lipinski definition) is 3. The second-order valence-corrected chi connectivity index (χ2v) is 9.79. The number of aliphatic carboxylic acids is 1. The Morgan fingerprint density at radius 2 is 1.89 bits per heavy atom. The van der Waals surface area contributed by atoms with Crippen molar-refractivity contribution >= 4 is 61.8 Å². The number of carboxylic acid groups (broad SMARTS) is 1. The van der Waals surface area contributed by atoms with Crippen molar-refractivity contribution in [3.05, 3.63) is 56.1 Å². The topological polar surface area (TPSA) is 69.6 Å². The quantitative estimate of drug-likeness (QED) is 0.536. The molecule has 1 amide bonds.